The average molecular weight is 398 g/mol. The number of benzene rings is 1. The molecule has 2 amide bonds. The minimum Gasteiger partial charge on any atom is -0.355 e. The maximum Gasteiger partial charge on any atom is 0.239 e. The van der Waals surface area contributed by atoms with E-state index in [1.807, 2.05) is 31.2 Å². The largest absolute Gasteiger partial charge is 0.355 e. The quantitative estimate of drug-likeness (QED) is 0.615. The second-order valence-corrected chi connectivity index (χ2v) is 6.26. The van der Waals surface area contributed by atoms with Gasteiger partial charge in [0, 0.05) is 16.6 Å². The van der Waals surface area contributed by atoms with Crippen LogP contribution in [0.3, 0.4) is 0 Å². The molecular weight excluding hydrogens is 382 g/mol. The number of hydrogen-bond acceptors (Lipinski definition) is 5. The summed E-state index contributed by atoms with van der Waals surface area (Å²) in [6, 6.07) is 7.65. The summed E-state index contributed by atoms with van der Waals surface area (Å²) in [6.07, 6.45) is 0. The maximum absolute atomic E-state index is 11.7. The number of carbonyl (C=O) groups excluding carboxylic acids is 2. The molecule has 0 atom stereocenters. The second-order valence-electron chi connectivity index (χ2n) is 4.47. The van der Waals surface area contributed by atoms with Crippen molar-refractivity contribution in [2.75, 3.05) is 18.8 Å². The lowest BCUT2D eigenvalue weighted by Gasteiger charge is -2.03. The lowest BCUT2D eigenvalue weighted by molar-refractivity contribution is -0.124. The predicted octanol–water partition coefficient (Wildman–Crippen LogP) is 1.58. The lowest BCUT2D eigenvalue weighted by atomic mass is 10.2. The van der Waals surface area contributed by atoms with Crippen LogP contribution in [-0.2, 0) is 9.59 Å². The van der Waals surface area contributed by atoms with Crippen molar-refractivity contribution in [2.45, 2.75) is 12.1 Å². The van der Waals surface area contributed by atoms with Gasteiger partial charge in [0.25, 0.3) is 0 Å². The molecule has 7 nitrogen and oxygen atoms in total. The Bertz CT molecular complexity index is 691. The minimum absolute atomic E-state index is 0.0244. The molecule has 0 unspecified atom stereocenters. The van der Waals surface area contributed by atoms with Crippen LogP contribution in [0.1, 0.15) is 6.92 Å². The van der Waals surface area contributed by atoms with E-state index in [0.29, 0.717) is 17.5 Å². The molecule has 0 saturated carbocycles. The molecule has 0 aliphatic carbocycles. The Balaban J connectivity index is 1.84. The maximum atomic E-state index is 11.7. The van der Waals surface area contributed by atoms with Gasteiger partial charge in [-0.15, -0.1) is 5.10 Å². The number of aromatic amines is 1. The van der Waals surface area contributed by atoms with Crippen molar-refractivity contribution in [1.82, 2.24) is 25.8 Å². The van der Waals surface area contributed by atoms with E-state index in [1.54, 1.807) is 0 Å². The van der Waals surface area contributed by atoms with Crippen LogP contribution < -0.4 is 10.6 Å². The number of carbonyl (C=O) groups is 2. The van der Waals surface area contributed by atoms with E-state index in [0.717, 1.165) is 10.0 Å². The first-order chi connectivity index (χ1) is 11.1. The Hall–Kier alpha value is -1.87. The van der Waals surface area contributed by atoms with Gasteiger partial charge in [-0.2, -0.15) is 0 Å². The number of thioether (sulfide) groups is 1. The summed E-state index contributed by atoms with van der Waals surface area (Å²) >= 11 is 4.66. The molecule has 2 rings (SSSR count). The van der Waals surface area contributed by atoms with Gasteiger partial charge in [0.05, 0.1) is 12.3 Å². The molecule has 0 spiro atoms. The molecule has 122 valence electrons. The Morgan fingerprint density at radius 3 is 2.78 bits per heavy atom. The van der Waals surface area contributed by atoms with Gasteiger partial charge in [0.2, 0.25) is 17.0 Å². The number of rotatable bonds is 7. The van der Waals surface area contributed by atoms with Crippen LogP contribution >= 0.6 is 27.7 Å². The standard InChI is InChI=1S/C14H16BrN5O2S/c1-2-16-11(21)7-17-12(22)8-23-14-18-13(19-20-14)9-5-3-4-6-10(9)15/h3-6H,2,7-8H2,1H3,(H,16,21)(H,17,22)(H,18,19,20). The summed E-state index contributed by atoms with van der Waals surface area (Å²) in [4.78, 5) is 27.3. The monoisotopic (exact) mass is 397 g/mol. The highest BCUT2D eigenvalue weighted by molar-refractivity contribution is 9.10. The zero-order chi connectivity index (χ0) is 16.7. The fraction of sp³-hybridized carbons (Fsp3) is 0.286. The number of nitrogens with one attached hydrogen (secondary N) is 3. The highest BCUT2D eigenvalue weighted by atomic mass is 79.9. The van der Waals surface area contributed by atoms with E-state index in [-0.39, 0.29) is 24.1 Å². The first-order valence-corrected chi connectivity index (χ1v) is 8.71. The SMILES string of the molecule is CCNC(=O)CNC(=O)CSc1n[nH]c(-c2ccccc2Br)n1. The molecule has 0 aliphatic rings. The lowest BCUT2D eigenvalue weighted by Crippen LogP contribution is -2.37. The molecule has 0 saturated heterocycles. The van der Waals surface area contributed by atoms with E-state index in [4.69, 9.17) is 0 Å². The van der Waals surface area contributed by atoms with Crippen molar-refractivity contribution >= 4 is 39.5 Å². The van der Waals surface area contributed by atoms with Gasteiger partial charge in [-0.05, 0) is 13.0 Å². The Morgan fingerprint density at radius 1 is 1.26 bits per heavy atom. The molecule has 9 heteroatoms. The topological polar surface area (TPSA) is 99.8 Å². The molecule has 0 radical (unpaired) electrons. The van der Waals surface area contributed by atoms with Crippen LogP contribution in [0.15, 0.2) is 33.9 Å². The number of H-pyrrole nitrogens is 1. The normalized spacial score (nSPS) is 10.3. The van der Waals surface area contributed by atoms with Gasteiger partial charge in [-0.3, -0.25) is 14.7 Å². The Labute approximate surface area is 146 Å². The van der Waals surface area contributed by atoms with Crippen LogP contribution in [0.5, 0.6) is 0 Å². The fourth-order valence-corrected chi connectivity index (χ4v) is 2.81. The van der Waals surface area contributed by atoms with Crippen LogP contribution in [0.4, 0.5) is 0 Å². The van der Waals surface area contributed by atoms with Gasteiger partial charge in [0.1, 0.15) is 0 Å². The summed E-state index contributed by atoms with van der Waals surface area (Å²) in [7, 11) is 0. The molecule has 1 aromatic carbocycles. The summed E-state index contributed by atoms with van der Waals surface area (Å²) < 4.78 is 0.910. The zero-order valence-corrected chi connectivity index (χ0v) is 14.8. The number of likely N-dealkylation sites (N-methyl/N-ethyl adjacent to an activating group) is 1. The molecule has 23 heavy (non-hydrogen) atoms. The molecule has 0 aliphatic heterocycles. The zero-order valence-electron chi connectivity index (χ0n) is 12.4. The number of halogens is 1. The van der Waals surface area contributed by atoms with Crippen molar-refractivity contribution in [3.63, 3.8) is 0 Å². The summed E-state index contributed by atoms with van der Waals surface area (Å²) in [5.74, 6) is 0.322. The first kappa shape index (κ1) is 17.5. The summed E-state index contributed by atoms with van der Waals surface area (Å²) in [5, 5.41) is 12.5. The van der Waals surface area contributed by atoms with E-state index in [1.165, 1.54) is 11.8 Å². The third-order valence-electron chi connectivity index (χ3n) is 2.75. The van der Waals surface area contributed by atoms with Gasteiger partial charge in [-0.25, -0.2) is 4.98 Å². The summed E-state index contributed by atoms with van der Waals surface area (Å²) in [5.41, 5.74) is 0.896. The number of hydrogen-bond donors (Lipinski definition) is 3. The highest BCUT2D eigenvalue weighted by Gasteiger charge is 2.11. The molecule has 2 aromatic rings. The summed E-state index contributed by atoms with van der Waals surface area (Å²) in [6.45, 7) is 2.34. The number of aromatic nitrogens is 3. The second kappa shape index (κ2) is 8.68. The minimum atomic E-state index is -0.242. The fourth-order valence-electron chi connectivity index (χ4n) is 1.70. The van der Waals surface area contributed by atoms with E-state index < -0.39 is 0 Å². The third-order valence-corrected chi connectivity index (χ3v) is 4.29. The van der Waals surface area contributed by atoms with Crippen LogP contribution in [-0.4, -0.2) is 45.8 Å². The van der Waals surface area contributed by atoms with Crippen molar-refractivity contribution in [1.29, 1.82) is 0 Å². The van der Waals surface area contributed by atoms with Gasteiger partial charge >= 0.3 is 0 Å². The van der Waals surface area contributed by atoms with Crippen molar-refractivity contribution in [3.05, 3.63) is 28.7 Å². The molecular formula is C14H16BrN5O2S. The molecule has 1 aromatic heterocycles. The molecule has 3 N–H and O–H groups in total. The van der Waals surface area contributed by atoms with E-state index in [9.17, 15) is 9.59 Å². The van der Waals surface area contributed by atoms with E-state index in [2.05, 4.69) is 41.7 Å². The molecule has 0 fully saturated rings. The van der Waals surface area contributed by atoms with E-state index >= 15 is 0 Å². The predicted molar refractivity (Wildman–Crippen MR) is 91.9 cm³/mol. The Morgan fingerprint density at radius 2 is 2.04 bits per heavy atom. The van der Waals surface area contributed by atoms with Crippen LogP contribution in [0.25, 0.3) is 11.4 Å². The van der Waals surface area contributed by atoms with Crippen molar-refractivity contribution in [2.24, 2.45) is 0 Å². The van der Waals surface area contributed by atoms with Crippen LogP contribution in [0.2, 0.25) is 0 Å². The average Bonchev–Trinajstić information content (AvgIpc) is 3.00. The molecule has 0 bridgehead atoms. The smallest absolute Gasteiger partial charge is 0.239 e. The van der Waals surface area contributed by atoms with Gasteiger partial charge < -0.3 is 10.6 Å². The first-order valence-electron chi connectivity index (χ1n) is 6.93. The molecule has 1 heterocycles. The number of nitrogens with zero attached hydrogens (tertiary/aromatic N) is 2. The highest BCUT2D eigenvalue weighted by Crippen LogP contribution is 2.26. The van der Waals surface area contributed by atoms with Crippen LogP contribution in [0, 0.1) is 0 Å². The van der Waals surface area contributed by atoms with Crippen molar-refractivity contribution < 1.29 is 9.59 Å². The third kappa shape index (κ3) is 5.36. The number of amides is 2. The van der Waals surface area contributed by atoms with Gasteiger partial charge in [0.15, 0.2) is 5.82 Å². The van der Waals surface area contributed by atoms with Gasteiger partial charge in [-0.1, -0.05) is 45.9 Å². The Kier molecular flexibility index (Phi) is 6.60. The van der Waals surface area contributed by atoms with Crippen molar-refractivity contribution in [3.8, 4) is 11.4 Å².